The zero-order chi connectivity index (χ0) is 4.00. The zero-order valence-corrected chi connectivity index (χ0v) is 19.9. The minimum absolute atomic E-state index is 0. The van der Waals surface area contributed by atoms with E-state index in [0.29, 0.717) is 0 Å². The van der Waals surface area contributed by atoms with Crippen LogP contribution in [0.3, 0.4) is 0 Å². The summed E-state index contributed by atoms with van der Waals surface area (Å²) in [4.78, 5) is 0. The van der Waals surface area contributed by atoms with Crippen LogP contribution in [0.25, 0.3) is 0 Å². The SMILES string of the molecule is [O-2].[O-2].[O-2].[Ti+3][BaH].[Ti+3][BaH]. The number of hydrogen-bond donors (Lipinski definition) is 0. The second kappa shape index (κ2) is 47.1. The van der Waals surface area contributed by atoms with Gasteiger partial charge in [0.1, 0.15) is 0 Å². The van der Waals surface area contributed by atoms with Gasteiger partial charge in [-0.15, -0.1) is 0 Å². The molecule has 0 aromatic rings. The molecule has 3 nitrogen and oxygen atoms in total. The summed E-state index contributed by atoms with van der Waals surface area (Å²) >= 11 is 1.78. The first-order valence-electron chi connectivity index (χ1n) is 1.00. The van der Waals surface area contributed by atoms with Crippen LogP contribution in [0.2, 0.25) is 0 Å². The summed E-state index contributed by atoms with van der Waals surface area (Å²) in [7, 11) is 4.44. The van der Waals surface area contributed by atoms with Gasteiger partial charge in [0, 0.05) is 0 Å². The van der Waals surface area contributed by atoms with Gasteiger partial charge in [-0.2, -0.15) is 0 Å². The summed E-state index contributed by atoms with van der Waals surface area (Å²) in [6, 6.07) is 0. The maximum atomic E-state index is 2.22. The zero-order valence-electron chi connectivity index (χ0n) is 4.22. The minimum atomic E-state index is 0. The van der Waals surface area contributed by atoms with Crippen molar-refractivity contribution in [3.63, 3.8) is 0 Å². The molecule has 0 aliphatic carbocycles. The van der Waals surface area contributed by atoms with Crippen molar-refractivity contribution in [2.45, 2.75) is 0 Å². The van der Waals surface area contributed by atoms with Crippen molar-refractivity contribution in [1.82, 2.24) is 0 Å². The summed E-state index contributed by atoms with van der Waals surface area (Å²) in [5, 5.41) is 0. The predicted octanol–water partition coefficient (Wildman–Crippen LogP) is -1.66. The molecule has 0 N–H and O–H groups in total. The van der Waals surface area contributed by atoms with E-state index in [1.54, 1.807) is 0 Å². The standard InChI is InChI=1S/2Ba.3O.2Ti.2H/q;;3*-2;2*+3;;. The molecule has 0 unspecified atom stereocenters. The van der Waals surface area contributed by atoms with E-state index in [1.807, 2.05) is 0 Å². The van der Waals surface area contributed by atoms with Gasteiger partial charge in [-0.1, -0.05) is 0 Å². The Morgan fingerprint density at radius 1 is 0.571 bits per heavy atom. The Balaban J connectivity index is -0.00000000267. The third-order valence-electron chi connectivity index (χ3n) is 0. The fourth-order valence-electron chi connectivity index (χ4n) is 0. The van der Waals surface area contributed by atoms with Crippen LogP contribution in [0.1, 0.15) is 0 Å². The average Bonchev–Trinajstić information content (AvgIpc) is 1.50. The molecule has 32 valence electrons. The molecule has 0 atom stereocenters. The van der Waals surface area contributed by atoms with Gasteiger partial charge >= 0.3 is 103 Å². The van der Waals surface area contributed by atoms with E-state index >= 15 is 0 Å². The summed E-state index contributed by atoms with van der Waals surface area (Å²) in [6.07, 6.45) is 0. The van der Waals surface area contributed by atoms with E-state index in [0.717, 1.165) is 82.7 Å². The molecule has 0 aliphatic heterocycles. The van der Waals surface area contributed by atoms with E-state index in [2.05, 4.69) is 20.8 Å². The Morgan fingerprint density at radius 3 is 0.571 bits per heavy atom. The third-order valence-corrected chi connectivity index (χ3v) is 0. The maximum absolute atomic E-state index is 2.22. The Morgan fingerprint density at radius 2 is 0.571 bits per heavy atom. The summed E-state index contributed by atoms with van der Waals surface area (Å²) in [6.45, 7) is 0. The molecule has 0 heterocycles. The molecule has 0 spiro atoms. The van der Waals surface area contributed by atoms with Crippen LogP contribution >= 0.6 is 0 Å². The normalized spacial score (nSPS) is 1.43. The second-order valence-electron chi connectivity index (χ2n) is 0. The first-order chi connectivity index (χ1) is 2.00. The van der Waals surface area contributed by atoms with Crippen molar-refractivity contribution in [3.05, 3.63) is 0 Å². The van der Waals surface area contributed by atoms with Crippen LogP contribution in [-0.4, -0.2) is 82.7 Å². The Labute approximate surface area is 115 Å². The van der Waals surface area contributed by atoms with E-state index in [4.69, 9.17) is 0 Å². The van der Waals surface area contributed by atoms with Crippen molar-refractivity contribution in [2.24, 2.45) is 0 Å². The first kappa shape index (κ1) is 30.1. The van der Waals surface area contributed by atoms with Crippen LogP contribution in [0.15, 0.2) is 0 Å². The molecule has 0 aromatic heterocycles. The molecule has 0 fully saturated rings. The molecule has 0 bridgehead atoms. The van der Waals surface area contributed by atoms with E-state index in [1.165, 1.54) is 0 Å². The first-order valence-corrected chi connectivity index (χ1v) is 30.0. The van der Waals surface area contributed by atoms with Gasteiger partial charge < -0.3 is 16.4 Å². The van der Waals surface area contributed by atoms with E-state index in [-0.39, 0.29) is 16.4 Å². The molecule has 7 heteroatoms. The van der Waals surface area contributed by atoms with Crippen molar-refractivity contribution in [1.29, 1.82) is 0 Å². The van der Waals surface area contributed by atoms with Crippen molar-refractivity contribution in [2.75, 3.05) is 0 Å². The third kappa shape index (κ3) is 37.7. The number of rotatable bonds is 0. The molecule has 0 amide bonds. The molecular formula is H2Ba2O3Ti2. The van der Waals surface area contributed by atoms with Gasteiger partial charge in [0.25, 0.3) is 0 Å². The molecular weight excluding hydrogens is 418 g/mol. The van der Waals surface area contributed by atoms with E-state index < -0.39 is 0 Å². The van der Waals surface area contributed by atoms with Crippen LogP contribution in [0, 0.1) is 0 Å². The van der Waals surface area contributed by atoms with Gasteiger partial charge in [0.15, 0.2) is 0 Å². The molecule has 0 aliphatic rings. The summed E-state index contributed by atoms with van der Waals surface area (Å²) in [5.74, 6) is 0. The molecule has 0 aromatic carbocycles. The molecule has 0 radical (unpaired) electrons. The van der Waals surface area contributed by atoms with Crippen molar-refractivity contribution < 1.29 is 37.2 Å². The molecule has 7 heavy (non-hydrogen) atoms. The molecule has 0 saturated heterocycles. The average molecular weight is 420 g/mol. The monoisotopic (exact) mass is 422 g/mol. The van der Waals surface area contributed by atoms with Gasteiger partial charge in [-0.05, 0) is 0 Å². The fourth-order valence-corrected chi connectivity index (χ4v) is 0. The second-order valence-corrected chi connectivity index (χ2v) is 0. The van der Waals surface area contributed by atoms with Crippen LogP contribution < -0.4 is 0 Å². The molecule has 0 rings (SSSR count). The van der Waals surface area contributed by atoms with Gasteiger partial charge in [-0.3, -0.25) is 0 Å². The van der Waals surface area contributed by atoms with Gasteiger partial charge in [0.2, 0.25) is 0 Å². The van der Waals surface area contributed by atoms with E-state index in [9.17, 15) is 0 Å². The van der Waals surface area contributed by atoms with Crippen molar-refractivity contribution in [3.8, 4) is 0 Å². The Bertz CT molecular complexity index is 10.9. The molecule has 0 saturated carbocycles. The number of hydrogen-bond acceptors (Lipinski definition) is 0. The van der Waals surface area contributed by atoms with Gasteiger partial charge in [-0.25, -0.2) is 0 Å². The quantitative estimate of drug-likeness (QED) is 0.421. The predicted molar refractivity (Wildman–Crippen MR) is 16.4 cm³/mol. The summed E-state index contributed by atoms with van der Waals surface area (Å²) in [5.41, 5.74) is 0. The van der Waals surface area contributed by atoms with Crippen LogP contribution in [0.4, 0.5) is 0 Å². The Hall–Kier alpha value is 4.45. The summed E-state index contributed by atoms with van der Waals surface area (Å²) < 4.78 is 0. The van der Waals surface area contributed by atoms with Gasteiger partial charge in [0.05, 0.1) is 0 Å². The van der Waals surface area contributed by atoms with Crippen LogP contribution in [-0.2, 0) is 37.2 Å². The Kier molecular flexibility index (Phi) is 202. The fraction of sp³-hybridized carbons (Fsp3) is 0. The van der Waals surface area contributed by atoms with Crippen LogP contribution in [0.5, 0.6) is 0 Å². The topological polar surface area (TPSA) is 85.5 Å². The van der Waals surface area contributed by atoms with Crippen molar-refractivity contribution >= 4 is 82.7 Å².